The van der Waals surface area contributed by atoms with E-state index in [1.54, 1.807) is 5.43 Å². The van der Waals surface area contributed by atoms with Crippen molar-refractivity contribution in [3.05, 3.63) is 0 Å². The first kappa shape index (κ1) is 10.2. The average molecular weight is 168 g/mol. The van der Waals surface area contributed by atoms with E-state index in [1.165, 1.54) is 6.92 Å². The monoisotopic (exact) mass is 168 g/mol. The van der Waals surface area contributed by atoms with Gasteiger partial charge in [0.25, 0.3) is 12.3 Å². The highest BCUT2D eigenvalue weighted by Crippen LogP contribution is 1.96. The molecule has 0 fully saturated rings. The van der Waals surface area contributed by atoms with Gasteiger partial charge in [-0.25, -0.2) is 14.6 Å². The summed E-state index contributed by atoms with van der Waals surface area (Å²) in [5, 5.41) is 0. The molecule has 0 aromatic carbocycles. The average Bonchev–Trinajstić information content (AvgIpc) is 1.98. The second kappa shape index (κ2) is 4.97. The van der Waals surface area contributed by atoms with E-state index < -0.39 is 25.0 Å². The fourth-order valence-corrected chi connectivity index (χ4v) is 0.410. The maximum absolute atomic E-state index is 11.5. The van der Waals surface area contributed by atoms with E-state index in [1.807, 2.05) is 0 Å². The van der Waals surface area contributed by atoms with E-state index in [4.69, 9.17) is 5.84 Å². The summed E-state index contributed by atoms with van der Waals surface area (Å²) in [6.45, 7) is 0.582. The van der Waals surface area contributed by atoms with Crippen LogP contribution in [0.4, 0.5) is 8.78 Å². The third-order valence-electron chi connectivity index (χ3n) is 0.984. The molecule has 0 bridgehead atoms. The zero-order chi connectivity index (χ0) is 8.85. The molecule has 6 heteroatoms. The number of carbonyl (C=O) groups is 1. The van der Waals surface area contributed by atoms with Crippen LogP contribution in [-0.4, -0.2) is 25.0 Å². The molecule has 0 aromatic heterocycles. The first-order valence-electron chi connectivity index (χ1n) is 2.98. The lowest BCUT2D eigenvalue weighted by molar-refractivity contribution is -0.134. The molecule has 0 aliphatic rings. The second-order valence-electron chi connectivity index (χ2n) is 1.88. The van der Waals surface area contributed by atoms with Crippen LogP contribution in [0.15, 0.2) is 0 Å². The summed E-state index contributed by atoms with van der Waals surface area (Å²) < 4.78 is 27.4. The molecule has 66 valence electrons. The number of hydrogen-bond donors (Lipinski definition) is 2. The van der Waals surface area contributed by atoms with E-state index in [-0.39, 0.29) is 0 Å². The molecule has 3 N–H and O–H groups in total. The zero-order valence-electron chi connectivity index (χ0n) is 6.01. The van der Waals surface area contributed by atoms with E-state index in [0.29, 0.717) is 0 Å². The molecule has 0 radical (unpaired) electrons. The van der Waals surface area contributed by atoms with Gasteiger partial charge in [-0.1, -0.05) is 0 Å². The maximum Gasteiger partial charge on any atom is 0.262 e. The van der Waals surface area contributed by atoms with E-state index in [2.05, 4.69) is 4.74 Å². The lowest BCUT2D eigenvalue weighted by Crippen LogP contribution is -2.39. The van der Waals surface area contributed by atoms with Gasteiger partial charge in [0.05, 0.1) is 0 Å². The molecular weight excluding hydrogens is 158 g/mol. The summed E-state index contributed by atoms with van der Waals surface area (Å²) in [6, 6.07) is 0. The van der Waals surface area contributed by atoms with E-state index >= 15 is 0 Å². The molecule has 1 amide bonds. The summed E-state index contributed by atoms with van der Waals surface area (Å²) in [5.74, 6) is 4.09. The lowest BCUT2D eigenvalue weighted by Gasteiger charge is -2.09. The molecule has 0 saturated heterocycles. The summed E-state index contributed by atoms with van der Waals surface area (Å²) in [5.41, 5.74) is 1.78. The van der Waals surface area contributed by atoms with Gasteiger partial charge in [-0.2, -0.15) is 0 Å². The number of nitrogens with two attached hydrogens (primary N) is 1. The fourth-order valence-electron chi connectivity index (χ4n) is 0.410. The molecule has 0 heterocycles. The number of alkyl halides is 2. The maximum atomic E-state index is 11.5. The third-order valence-corrected chi connectivity index (χ3v) is 0.984. The summed E-state index contributed by atoms with van der Waals surface area (Å²) in [4.78, 5) is 10.5. The van der Waals surface area contributed by atoms with Crippen molar-refractivity contribution in [2.75, 3.05) is 6.61 Å². The topological polar surface area (TPSA) is 64.3 Å². The van der Waals surface area contributed by atoms with Gasteiger partial charge in [-0.15, -0.1) is 0 Å². The van der Waals surface area contributed by atoms with Crippen molar-refractivity contribution in [2.45, 2.75) is 19.5 Å². The van der Waals surface area contributed by atoms with Crippen LogP contribution >= 0.6 is 0 Å². The SMILES string of the molecule is CC(OCC(F)F)C(=O)NN. The summed E-state index contributed by atoms with van der Waals surface area (Å²) in [6.07, 6.45) is -3.50. The molecule has 0 aliphatic heterocycles. The van der Waals surface area contributed by atoms with Gasteiger partial charge in [0.2, 0.25) is 0 Å². The Labute approximate surface area is 62.7 Å². The van der Waals surface area contributed by atoms with Gasteiger partial charge in [0.1, 0.15) is 12.7 Å². The minimum atomic E-state index is -2.57. The van der Waals surface area contributed by atoms with Gasteiger partial charge >= 0.3 is 0 Å². The van der Waals surface area contributed by atoms with E-state index in [9.17, 15) is 13.6 Å². The molecule has 4 nitrogen and oxygen atoms in total. The van der Waals surface area contributed by atoms with E-state index in [0.717, 1.165) is 0 Å². The quantitative estimate of drug-likeness (QED) is 0.342. The van der Waals surface area contributed by atoms with Crippen LogP contribution in [0.25, 0.3) is 0 Å². The Morgan fingerprint density at radius 3 is 2.64 bits per heavy atom. The number of rotatable bonds is 4. The first-order valence-corrected chi connectivity index (χ1v) is 2.98. The largest absolute Gasteiger partial charge is 0.363 e. The Kier molecular flexibility index (Phi) is 4.64. The highest BCUT2D eigenvalue weighted by Gasteiger charge is 2.13. The zero-order valence-corrected chi connectivity index (χ0v) is 6.01. The number of halogens is 2. The Morgan fingerprint density at radius 2 is 2.27 bits per heavy atom. The summed E-state index contributed by atoms with van der Waals surface area (Å²) >= 11 is 0. The third kappa shape index (κ3) is 4.63. The fraction of sp³-hybridized carbons (Fsp3) is 0.800. The van der Waals surface area contributed by atoms with Gasteiger partial charge in [-0.05, 0) is 6.92 Å². The normalized spacial score (nSPS) is 13.2. The highest BCUT2D eigenvalue weighted by atomic mass is 19.3. The molecular formula is C5H10F2N2O2. The molecule has 0 aliphatic carbocycles. The minimum absolute atomic E-state index is 0.620. The van der Waals surface area contributed by atoms with Crippen molar-refractivity contribution in [3.8, 4) is 0 Å². The number of amides is 1. The molecule has 0 spiro atoms. The standard InChI is InChI=1S/C5H10F2N2O2/c1-3(5(10)9-8)11-2-4(6)7/h3-4H,2,8H2,1H3,(H,9,10). The van der Waals surface area contributed by atoms with Crippen LogP contribution < -0.4 is 11.3 Å². The number of ether oxygens (including phenoxy) is 1. The van der Waals surface area contributed by atoms with Crippen molar-refractivity contribution < 1.29 is 18.3 Å². The lowest BCUT2D eigenvalue weighted by atomic mass is 10.4. The van der Waals surface area contributed by atoms with Crippen LogP contribution in [-0.2, 0) is 9.53 Å². The number of nitrogens with one attached hydrogen (secondary N) is 1. The predicted octanol–water partition coefficient (Wildman–Crippen LogP) is -0.354. The van der Waals surface area contributed by atoms with Crippen molar-refractivity contribution in [3.63, 3.8) is 0 Å². The van der Waals surface area contributed by atoms with Crippen LogP contribution in [0.1, 0.15) is 6.92 Å². The van der Waals surface area contributed by atoms with Gasteiger partial charge in [0.15, 0.2) is 0 Å². The highest BCUT2D eigenvalue weighted by molar-refractivity contribution is 5.79. The summed E-state index contributed by atoms with van der Waals surface area (Å²) in [7, 11) is 0. The smallest absolute Gasteiger partial charge is 0.262 e. The Balaban J connectivity index is 3.52. The Hall–Kier alpha value is -0.750. The second-order valence-corrected chi connectivity index (χ2v) is 1.88. The predicted molar refractivity (Wildman–Crippen MR) is 33.7 cm³/mol. The van der Waals surface area contributed by atoms with Crippen molar-refractivity contribution in [1.82, 2.24) is 5.43 Å². The molecule has 0 aromatic rings. The molecule has 0 rings (SSSR count). The minimum Gasteiger partial charge on any atom is -0.363 e. The number of carbonyl (C=O) groups excluding carboxylic acids is 1. The Bertz CT molecular complexity index is 132. The first-order chi connectivity index (χ1) is 5.07. The van der Waals surface area contributed by atoms with Gasteiger partial charge in [-0.3, -0.25) is 10.2 Å². The van der Waals surface area contributed by atoms with Gasteiger partial charge in [0, 0.05) is 0 Å². The van der Waals surface area contributed by atoms with Crippen LogP contribution in [0, 0.1) is 0 Å². The molecule has 0 saturated carbocycles. The van der Waals surface area contributed by atoms with Crippen LogP contribution in [0.3, 0.4) is 0 Å². The number of hydrogen-bond acceptors (Lipinski definition) is 3. The molecule has 1 atom stereocenters. The Morgan fingerprint density at radius 1 is 1.73 bits per heavy atom. The van der Waals surface area contributed by atoms with Crippen molar-refractivity contribution in [1.29, 1.82) is 0 Å². The molecule has 1 unspecified atom stereocenters. The molecule has 11 heavy (non-hydrogen) atoms. The number of hydrazine groups is 1. The van der Waals surface area contributed by atoms with Crippen LogP contribution in [0.2, 0.25) is 0 Å². The van der Waals surface area contributed by atoms with Crippen LogP contribution in [0.5, 0.6) is 0 Å². The van der Waals surface area contributed by atoms with Crippen molar-refractivity contribution >= 4 is 5.91 Å². The van der Waals surface area contributed by atoms with Crippen molar-refractivity contribution in [2.24, 2.45) is 5.84 Å². The van der Waals surface area contributed by atoms with Gasteiger partial charge < -0.3 is 4.74 Å².